The Morgan fingerprint density at radius 2 is 1.83 bits per heavy atom. The molecule has 0 N–H and O–H groups in total. The SMILES string of the molecule is Cc1cccc(-n2nc(C#N)cc2-c2ccc(OC(C)C)cc2)c1. The van der Waals surface area contributed by atoms with Crippen molar-refractivity contribution in [2.75, 3.05) is 0 Å². The van der Waals surface area contributed by atoms with E-state index < -0.39 is 0 Å². The summed E-state index contributed by atoms with van der Waals surface area (Å²) in [4.78, 5) is 0. The second-order valence-electron chi connectivity index (χ2n) is 5.97. The summed E-state index contributed by atoms with van der Waals surface area (Å²) in [6, 6.07) is 19.8. The van der Waals surface area contributed by atoms with Crippen molar-refractivity contribution in [3.05, 3.63) is 65.9 Å². The molecule has 1 aromatic heterocycles. The normalized spacial score (nSPS) is 10.6. The fourth-order valence-corrected chi connectivity index (χ4v) is 2.57. The highest BCUT2D eigenvalue weighted by atomic mass is 16.5. The molecule has 0 bridgehead atoms. The number of ether oxygens (including phenoxy) is 1. The maximum atomic E-state index is 9.22. The van der Waals surface area contributed by atoms with Crippen LogP contribution in [0.2, 0.25) is 0 Å². The van der Waals surface area contributed by atoms with Crippen molar-refractivity contribution in [1.29, 1.82) is 5.26 Å². The molecule has 3 aromatic rings. The molecule has 24 heavy (non-hydrogen) atoms. The maximum absolute atomic E-state index is 9.22. The standard InChI is InChI=1S/C20H19N3O/c1-14(2)24-19-9-7-16(8-10-19)20-12-17(13-21)22-23(20)18-6-4-5-15(3)11-18/h4-12,14H,1-3H3. The molecule has 0 amide bonds. The molecule has 0 aliphatic carbocycles. The third kappa shape index (κ3) is 3.31. The molecule has 0 aliphatic heterocycles. The van der Waals surface area contributed by atoms with Gasteiger partial charge in [-0.25, -0.2) is 4.68 Å². The van der Waals surface area contributed by atoms with E-state index in [4.69, 9.17) is 4.74 Å². The first-order valence-electron chi connectivity index (χ1n) is 7.91. The Labute approximate surface area is 141 Å². The third-order valence-electron chi connectivity index (χ3n) is 3.59. The van der Waals surface area contributed by atoms with Crippen LogP contribution in [0.15, 0.2) is 54.6 Å². The van der Waals surface area contributed by atoms with E-state index in [2.05, 4.69) is 11.2 Å². The Hall–Kier alpha value is -3.06. The van der Waals surface area contributed by atoms with Crippen molar-refractivity contribution in [2.24, 2.45) is 0 Å². The van der Waals surface area contributed by atoms with Crippen LogP contribution in [0, 0.1) is 18.3 Å². The number of aromatic nitrogens is 2. The average molecular weight is 317 g/mol. The molecule has 4 heteroatoms. The predicted octanol–water partition coefficient (Wildman–Crippen LogP) is 4.51. The molecule has 2 aromatic carbocycles. The van der Waals surface area contributed by atoms with Crippen molar-refractivity contribution in [3.63, 3.8) is 0 Å². The minimum atomic E-state index is 0.138. The number of nitriles is 1. The van der Waals surface area contributed by atoms with Gasteiger partial charge in [-0.05, 0) is 62.7 Å². The molecule has 0 atom stereocenters. The van der Waals surface area contributed by atoms with Crippen molar-refractivity contribution in [1.82, 2.24) is 9.78 Å². The second kappa shape index (κ2) is 6.59. The van der Waals surface area contributed by atoms with Gasteiger partial charge in [0.2, 0.25) is 0 Å². The molecule has 0 spiro atoms. The van der Waals surface area contributed by atoms with Gasteiger partial charge in [-0.2, -0.15) is 10.4 Å². The monoisotopic (exact) mass is 317 g/mol. The first-order valence-corrected chi connectivity index (χ1v) is 7.91. The van der Waals surface area contributed by atoms with Crippen LogP contribution in [0.25, 0.3) is 16.9 Å². The largest absolute Gasteiger partial charge is 0.491 e. The van der Waals surface area contributed by atoms with Crippen molar-refractivity contribution >= 4 is 0 Å². The summed E-state index contributed by atoms with van der Waals surface area (Å²) in [5, 5.41) is 13.6. The predicted molar refractivity (Wildman–Crippen MR) is 94.2 cm³/mol. The third-order valence-corrected chi connectivity index (χ3v) is 3.59. The number of hydrogen-bond acceptors (Lipinski definition) is 3. The van der Waals surface area contributed by atoms with Gasteiger partial charge in [0, 0.05) is 11.6 Å². The highest BCUT2D eigenvalue weighted by molar-refractivity contribution is 5.64. The molecule has 0 fully saturated rings. The smallest absolute Gasteiger partial charge is 0.163 e. The lowest BCUT2D eigenvalue weighted by atomic mass is 10.1. The van der Waals surface area contributed by atoms with E-state index >= 15 is 0 Å². The van der Waals surface area contributed by atoms with Crippen molar-refractivity contribution in [2.45, 2.75) is 26.9 Å². The van der Waals surface area contributed by atoms with Crippen LogP contribution >= 0.6 is 0 Å². The van der Waals surface area contributed by atoms with E-state index in [0.717, 1.165) is 28.3 Å². The van der Waals surface area contributed by atoms with Gasteiger partial charge >= 0.3 is 0 Å². The van der Waals surface area contributed by atoms with Gasteiger partial charge in [-0.15, -0.1) is 0 Å². The van der Waals surface area contributed by atoms with E-state index in [-0.39, 0.29) is 6.10 Å². The topological polar surface area (TPSA) is 50.8 Å². The van der Waals surface area contributed by atoms with Gasteiger partial charge in [-0.1, -0.05) is 12.1 Å². The first kappa shape index (κ1) is 15.8. The fraction of sp³-hybridized carbons (Fsp3) is 0.200. The molecular formula is C20H19N3O. The van der Waals surface area contributed by atoms with Gasteiger partial charge in [-0.3, -0.25) is 0 Å². The van der Waals surface area contributed by atoms with Gasteiger partial charge in [0.25, 0.3) is 0 Å². The van der Waals surface area contributed by atoms with E-state index in [1.54, 1.807) is 6.07 Å². The van der Waals surface area contributed by atoms with Gasteiger partial charge in [0.05, 0.1) is 17.5 Å². The van der Waals surface area contributed by atoms with Crippen LogP contribution in [-0.4, -0.2) is 15.9 Å². The summed E-state index contributed by atoms with van der Waals surface area (Å²) in [5.41, 5.74) is 4.35. The highest BCUT2D eigenvalue weighted by Gasteiger charge is 2.12. The van der Waals surface area contributed by atoms with Crippen LogP contribution in [0.3, 0.4) is 0 Å². The average Bonchev–Trinajstić information content (AvgIpc) is 2.99. The number of nitrogens with zero attached hydrogens (tertiary/aromatic N) is 3. The van der Waals surface area contributed by atoms with Crippen molar-refractivity contribution < 1.29 is 4.74 Å². The number of aryl methyl sites for hydroxylation is 1. The highest BCUT2D eigenvalue weighted by Crippen LogP contribution is 2.26. The Kier molecular flexibility index (Phi) is 4.35. The summed E-state index contributed by atoms with van der Waals surface area (Å²) < 4.78 is 7.50. The summed E-state index contributed by atoms with van der Waals surface area (Å²) in [6.07, 6.45) is 0.138. The lowest BCUT2D eigenvalue weighted by Crippen LogP contribution is -2.05. The Morgan fingerprint density at radius 1 is 1.08 bits per heavy atom. The first-order chi connectivity index (χ1) is 11.6. The Balaban J connectivity index is 2.04. The number of rotatable bonds is 4. The summed E-state index contributed by atoms with van der Waals surface area (Å²) >= 11 is 0. The Morgan fingerprint density at radius 3 is 2.46 bits per heavy atom. The molecule has 0 unspecified atom stereocenters. The molecule has 0 aliphatic rings. The molecule has 0 saturated carbocycles. The Bertz CT molecular complexity index is 886. The van der Waals surface area contributed by atoms with Crippen molar-refractivity contribution in [3.8, 4) is 28.8 Å². The zero-order chi connectivity index (χ0) is 17.1. The maximum Gasteiger partial charge on any atom is 0.163 e. The number of benzene rings is 2. The van der Waals surface area contributed by atoms with E-state index in [1.165, 1.54) is 0 Å². The molecule has 3 rings (SSSR count). The zero-order valence-electron chi connectivity index (χ0n) is 14.0. The molecule has 4 nitrogen and oxygen atoms in total. The van der Waals surface area contributed by atoms with Crippen LogP contribution < -0.4 is 4.74 Å². The molecular weight excluding hydrogens is 298 g/mol. The van der Waals surface area contributed by atoms with E-state index in [9.17, 15) is 5.26 Å². The molecule has 1 heterocycles. The minimum absolute atomic E-state index is 0.138. The lowest BCUT2D eigenvalue weighted by molar-refractivity contribution is 0.242. The summed E-state index contributed by atoms with van der Waals surface area (Å²) in [6.45, 7) is 6.04. The van der Waals surface area contributed by atoms with Gasteiger partial charge < -0.3 is 4.74 Å². The van der Waals surface area contributed by atoms with Crippen LogP contribution in [-0.2, 0) is 0 Å². The van der Waals surface area contributed by atoms with E-state index in [0.29, 0.717) is 5.69 Å². The fourth-order valence-electron chi connectivity index (χ4n) is 2.57. The van der Waals surface area contributed by atoms with E-state index in [1.807, 2.05) is 74.0 Å². The van der Waals surface area contributed by atoms with Crippen LogP contribution in [0.1, 0.15) is 25.1 Å². The second-order valence-corrected chi connectivity index (χ2v) is 5.97. The minimum Gasteiger partial charge on any atom is -0.491 e. The van der Waals surface area contributed by atoms with Gasteiger partial charge in [0.1, 0.15) is 11.8 Å². The zero-order valence-corrected chi connectivity index (χ0v) is 14.0. The van der Waals surface area contributed by atoms with Crippen LogP contribution in [0.4, 0.5) is 0 Å². The number of hydrogen-bond donors (Lipinski definition) is 0. The lowest BCUT2D eigenvalue weighted by Gasteiger charge is -2.11. The quantitative estimate of drug-likeness (QED) is 0.711. The summed E-state index contributed by atoms with van der Waals surface area (Å²) in [7, 11) is 0. The molecule has 0 radical (unpaired) electrons. The summed E-state index contributed by atoms with van der Waals surface area (Å²) in [5.74, 6) is 0.830. The molecule has 0 saturated heterocycles. The van der Waals surface area contributed by atoms with Gasteiger partial charge in [0.15, 0.2) is 5.69 Å². The molecule has 120 valence electrons. The van der Waals surface area contributed by atoms with Crippen LogP contribution in [0.5, 0.6) is 5.75 Å².